The number of benzene rings is 2. The van der Waals surface area contributed by atoms with Crippen LogP contribution in [0.3, 0.4) is 0 Å². The van der Waals surface area contributed by atoms with Crippen LogP contribution in [-0.4, -0.2) is 37.6 Å². The van der Waals surface area contributed by atoms with E-state index in [1.807, 2.05) is 18.2 Å². The minimum absolute atomic E-state index is 0.0164. The standard InChI is InChI=1S/C23H27N3O5S2/c1-13(2)21(22(27)28)26-33(30,31)16-8-10-18-17-9-7-15(11-19(17)32-20(18)12-16)25-23(29)24-14-5-3-4-6-14/h7-14,21,26H,3-6H2,1-2H3,(H,27,28)(H2,24,25,29)/t21-/m0/s1. The van der Waals surface area contributed by atoms with Gasteiger partial charge in [0.1, 0.15) is 6.04 Å². The Morgan fingerprint density at radius 1 is 1.03 bits per heavy atom. The normalized spacial score (nSPS) is 15.8. The molecule has 1 aliphatic rings. The zero-order valence-corrected chi connectivity index (χ0v) is 20.1. The first kappa shape index (κ1) is 23.5. The molecule has 4 rings (SSSR count). The van der Waals surface area contributed by atoms with Crippen molar-refractivity contribution in [1.29, 1.82) is 0 Å². The third-order valence-electron chi connectivity index (χ3n) is 5.92. The van der Waals surface area contributed by atoms with Gasteiger partial charge in [0, 0.05) is 31.9 Å². The van der Waals surface area contributed by atoms with E-state index in [9.17, 15) is 23.1 Å². The third-order valence-corrected chi connectivity index (χ3v) is 8.47. The molecule has 1 aromatic heterocycles. The van der Waals surface area contributed by atoms with E-state index in [1.165, 1.54) is 17.4 Å². The highest BCUT2D eigenvalue weighted by molar-refractivity contribution is 7.89. The molecule has 0 aliphatic heterocycles. The molecule has 10 heteroatoms. The van der Waals surface area contributed by atoms with Gasteiger partial charge in [-0.1, -0.05) is 38.8 Å². The number of thiophene rings is 1. The van der Waals surface area contributed by atoms with Gasteiger partial charge in [0.15, 0.2) is 0 Å². The lowest BCUT2D eigenvalue weighted by atomic mass is 10.1. The molecule has 2 amide bonds. The molecule has 1 fully saturated rings. The summed E-state index contributed by atoms with van der Waals surface area (Å²) in [5.74, 6) is -1.62. The van der Waals surface area contributed by atoms with Crippen LogP contribution in [0.2, 0.25) is 0 Å². The molecule has 1 aliphatic carbocycles. The minimum atomic E-state index is -4.00. The number of carbonyl (C=O) groups excluding carboxylic acids is 1. The molecule has 2 aromatic carbocycles. The van der Waals surface area contributed by atoms with E-state index in [0.717, 1.165) is 45.9 Å². The molecule has 33 heavy (non-hydrogen) atoms. The summed E-state index contributed by atoms with van der Waals surface area (Å²) < 4.78 is 29.6. The van der Waals surface area contributed by atoms with Crippen LogP contribution in [0.5, 0.6) is 0 Å². The highest BCUT2D eigenvalue weighted by Crippen LogP contribution is 2.36. The predicted octanol–water partition coefficient (Wildman–Crippen LogP) is 4.51. The number of nitrogens with one attached hydrogen (secondary N) is 3. The molecule has 0 radical (unpaired) electrons. The Bertz CT molecular complexity index is 1310. The van der Waals surface area contributed by atoms with Gasteiger partial charge < -0.3 is 15.7 Å². The van der Waals surface area contributed by atoms with Crippen molar-refractivity contribution in [3.05, 3.63) is 36.4 Å². The van der Waals surface area contributed by atoms with Gasteiger partial charge in [-0.15, -0.1) is 11.3 Å². The van der Waals surface area contributed by atoms with Crippen molar-refractivity contribution in [1.82, 2.24) is 10.0 Å². The van der Waals surface area contributed by atoms with Crippen molar-refractivity contribution in [2.24, 2.45) is 5.92 Å². The Balaban J connectivity index is 1.58. The summed E-state index contributed by atoms with van der Waals surface area (Å²) in [5.41, 5.74) is 0.667. The Kier molecular flexibility index (Phi) is 6.60. The number of urea groups is 1. The fourth-order valence-corrected chi connectivity index (χ4v) is 6.75. The lowest BCUT2D eigenvalue weighted by molar-refractivity contribution is -0.140. The lowest BCUT2D eigenvalue weighted by Crippen LogP contribution is -2.44. The molecule has 1 heterocycles. The summed E-state index contributed by atoms with van der Waals surface area (Å²) in [6.07, 6.45) is 4.29. The number of sulfonamides is 1. The Morgan fingerprint density at radius 3 is 2.30 bits per heavy atom. The molecule has 3 aromatic rings. The van der Waals surface area contributed by atoms with Crippen molar-refractivity contribution in [3.63, 3.8) is 0 Å². The van der Waals surface area contributed by atoms with Crippen LogP contribution >= 0.6 is 11.3 Å². The summed E-state index contributed by atoms with van der Waals surface area (Å²) in [6.45, 7) is 3.30. The van der Waals surface area contributed by atoms with Gasteiger partial charge in [0.25, 0.3) is 0 Å². The SMILES string of the molecule is CC(C)[C@H](NS(=O)(=O)c1ccc2c(c1)sc1cc(NC(=O)NC3CCCC3)ccc12)C(=O)O. The van der Waals surface area contributed by atoms with E-state index in [0.29, 0.717) is 5.69 Å². The number of anilines is 1. The first-order valence-electron chi connectivity index (χ1n) is 10.9. The number of hydrogen-bond donors (Lipinski definition) is 4. The van der Waals surface area contributed by atoms with Crippen LogP contribution in [-0.2, 0) is 14.8 Å². The highest BCUT2D eigenvalue weighted by Gasteiger charge is 2.28. The van der Waals surface area contributed by atoms with Gasteiger partial charge in [-0.3, -0.25) is 4.79 Å². The zero-order valence-electron chi connectivity index (χ0n) is 18.4. The number of fused-ring (bicyclic) bond motifs is 3. The molecular formula is C23H27N3O5S2. The second-order valence-electron chi connectivity index (χ2n) is 8.73. The molecule has 4 N–H and O–H groups in total. The molecule has 0 unspecified atom stereocenters. The van der Waals surface area contributed by atoms with Crippen LogP contribution in [0.25, 0.3) is 20.2 Å². The topological polar surface area (TPSA) is 125 Å². The van der Waals surface area contributed by atoms with Gasteiger partial charge in [0.2, 0.25) is 10.0 Å². The Labute approximate surface area is 196 Å². The van der Waals surface area contributed by atoms with Crippen molar-refractivity contribution >= 4 is 59.2 Å². The van der Waals surface area contributed by atoms with Crippen molar-refractivity contribution in [3.8, 4) is 0 Å². The predicted molar refractivity (Wildman–Crippen MR) is 130 cm³/mol. The van der Waals surface area contributed by atoms with Gasteiger partial charge in [-0.2, -0.15) is 4.72 Å². The first-order chi connectivity index (χ1) is 15.6. The molecular weight excluding hydrogens is 462 g/mol. The number of hydrogen-bond acceptors (Lipinski definition) is 5. The van der Waals surface area contributed by atoms with Crippen LogP contribution < -0.4 is 15.4 Å². The van der Waals surface area contributed by atoms with Crippen molar-refractivity contribution < 1.29 is 23.1 Å². The number of aliphatic carboxylic acids is 1. The zero-order chi connectivity index (χ0) is 23.8. The van der Waals surface area contributed by atoms with Crippen LogP contribution in [0, 0.1) is 5.92 Å². The van der Waals surface area contributed by atoms with Crippen LogP contribution in [0.15, 0.2) is 41.3 Å². The molecule has 0 saturated heterocycles. The largest absolute Gasteiger partial charge is 0.480 e. The number of carboxylic acids is 1. The number of carboxylic acid groups (broad SMARTS) is 1. The van der Waals surface area contributed by atoms with E-state index >= 15 is 0 Å². The van der Waals surface area contributed by atoms with Gasteiger partial charge in [0.05, 0.1) is 4.90 Å². The summed E-state index contributed by atoms with van der Waals surface area (Å²) in [6, 6.07) is 9.17. The number of amides is 2. The average Bonchev–Trinajstić information content (AvgIpc) is 3.37. The third kappa shape index (κ3) is 5.13. The second kappa shape index (κ2) is 9.28. The van der Waals surface area contributed by atoms with E-state index in [1.54, 1.807) is 26.0 Å². The molecule has 8 nitrogen and oxygen atoms in total. The van der Waals surface area contributed by atoms with E-state index in [4.69, 9.17) is 0 Å². The van der Waals surface area contributed by atoms with Crippen molar-refractivity contribution in [2.45, 2.75) is 56.5 Å². The maximum absolute atomic E-state index is 12.8. The lowest BCUT2D eigenvalue weighted by Gasteiger charge is -2.18. The average molecular weight is 490 g/mol. The number of carbonyl (C=O) groups is 2. The van der Waals surface area contributed by atoms with Gasteiger partial charge >= 0.3 is 12.0 Å². The summed E-state index contributed by atoms with van der Waals surface area (Å²) in [5, 5.41) is 17.1. The second-order valence-corrected chi connectivity index (χ2v) is 11.5. The summed E-state index contributed by atoms with van der Waals surface area (Å²) in [4.78, 5) is 23.7. The quantitative estimate of drug-likeness (QED) is 0.389. The number of rotatable bonds is 7. The highest BCUT2D eigenvalue weighted by atomic mass is 32.2. The van der Waals surface area contributed by atoms with E-state index < -0.39 is 28.0 Å². The summed E-state index contributed by atoms with van der Waals surface area (Å²) in [7, 11) is -4.00. The fraction of sp³-hybridized carbons (Fsp3) is 0.391. The van der Waals surface area contributed by atoms with Gasteiger partial charge in [-0.05, 0) is 43.0 Å². The Hall–Kier alpha value is -2.69. The van der Waals surface area contributed by atoms with E-state index in [2.05, 4.69) is 15.4 Å². The molecule has 1 atom stereocenters. The monoisotopic (exact) mass is 489 g/mol. The smallest absolute Gasteiger partial charge is 0.322 e. The molecule has 0 spiro atoms. The van der Waals surface area contributed by atoms with Gasteiger partial charge in [-0.25, -0.2) is 13.2 Å². The molecule has 0 bridgehead atoms. The summed E-state index contributed by atoms with van der Waals surface area (Å²) >= 11 is 1.42. The fourth-order valence-electron chi connectivity index (χ4n) is 4.13. The van der Waals surface area contributed by atoms with Crippen LogP contribution in [0.4, 0.5) is 10.5 Å². The minimum Gasteiger partial charge on any atom is -0.480 e. The van der Waals surface area contributed by atoms with Crippen molar-refractivity contribution in [2.75, 3.05) is 5.32 Å². The Morgan fingerprint density at radius 2 is 1.67 bits per heavy atom. The maximum atomic E-state index is 12.8. The molecule has 1 saturated carbocycles. The first-order valence-corrected chi connectivity index (χ1v) is 13.2. The molecule has 176 valence electrons. The van der Waals surface area contributed by atoms with Crippen LogP contribution in [0.1, 0.15) is 39.5 Å². The maximum Gasteiger partial charge on any atom is 0.322 e. The van der Waals surface area contributed by atoms with E-state index in [-0.39, 0.29) is 17.0 Å².